The highest BCUT2D eigenvalue weighted by Gasteiger charge is 2.46. The highest BCUT2D eigenvalue weighted by atomic mass is 16.6. The van der Waals surface area contributed by atoms with Gasteiger partial charge >= 0.3 is 12.2 Å². The third-order valence-electron chi connectivity index (χ3n) is 8.78. The molecule has 14 nitrogen and oxygen atoms in total. The quantitative estimate of drug-likeness (QED) is 0.391. The van der Waals surface area contributed by atoms with Crippen LogP contribution in [0.15, 0.2) is 47.3 Å². The first kappa shape index (κ1) is 30.8. The first-order valence-electron chi connectivity index (χ1n) is 16.0. The molecule has 4 aliphatic rings. The largest absolute Gasteiger partial charge is 0.487 e. The second-order valence-electron chi connectivity index (χ2n) is 13.3. The van der Waals surface area contributed by atoms with Gasteiger partial charge in [0, 0.05) is 37.7 Å². The molecule has 0 radical (unpaired) electrons. The number of anilines is 2. The molecule has 0 bridgehead atoms. The number of rotatable bonds is 7. The van der Waals surface area contributed by atoms with E-state index in [0.29, 0.717) is 62.2 Å². The minimum Gasteiger partial charge on any atom is -0.487 e. The number of hydrogen-bond acceptors (Lipinski definition) is 10. The number of hydrogen-bond donors (Lipinski definition) is 2. The number of fused-ring (bicyclic) bond motifs is 3. The maximum Gasteiger partial charge on any atom is 0.416 e. The average molecular weight is 647 g/mol. The van der Waals surface area contributed by atoms with Crippen LogP contribution in [0, 0.1) is 0 Å². The fraction of sp³-hybridized carbons (Fsp3) is 0.485. The first-order chi connectivity index (χ1) is 22.5. The van der Waals surface area contributed by atoms with E-state index in [1.54, 1.807) is 38.6 Å². The van der Waals surface area contributed by atoms with Gasteiger partial charge in [0.05, 0.1) is 24.6 Å². The Hall–Kier alpha value is -4.85. The lowest BCUT2D eigenvalue weighted by molar-refractivity contribution is -0.118. The molecule has 1 aliphatic carbocycles. The lowest BCUT2D eigenvalue weighted by Crippen LogP contribution is -2.57. The van der Waals surface area contributed by atoms with E-state index in [1.165, 1.54) is 0 Å². The van der Waals surface area contributed by atoms with Crippen molar-refractivity contribution in [3.05, 3.63) is 52.8 Å². The van der Waals surface area contributed by atoms with Crippen LogP contribution in [0.4, 0.5) is 21.2 Å². The predicted octanol–water partition coefficient (Wildman–Crippen LogP) is 3.26. The van der Waals surface area contributed by atoms with E-state index in [0.717, 1.165) is 17.3 Å². The third-order valence-corrected chi connectivity index (χ3v) is 8.78. The summed E-state index contributed by atoms with van der Waals surface area (Å²) in [6, 6.07) is 12.4. The normalized spacial score (nSPS) is 22.5. The fourth-order valence-corrected chi connectivity index (χ4v) is 6.53. The Labute approximate surface area is 270 Å². The van der Waals surface area contributed by atoms with Gasteiger partial charge in [0.25, 0.3) is 11.5 Å². The van der Waals surface area contributed by atoms with Gasteiger partial charge in [0.15, 0.2) is 18.2 Å². The molecule has 3 aromatic rings. The molecule has 3 amide bonds. The van der Waals surface area contributed by atoms with Crippen LogP contribution in [0.2, 0.25) is 0 Å². The van der Waals surface area contributed by atoms with E-state index >= 15 is 0 Å². The molecular formula is C33H38N6O8. The highest BCUT2D eigenvalue weighted by molar-refractivity contribution is 5.95. The van der Waals surface area contributed by atoms with Crippen molar-refractivity contribution >= 4 is 40.6 Å². The van der Waals surface area contributed by atoms with E-state index in [1.807, 2.05) is 39.0 Å². The van der Waals surface area contributed by atoms with Crippen molar-refractivity contribution in [3.63, 3.8) is 0 Å². The number of amides is 3. The number of nitrogens with one attached hydrogen (secondary N) is 2. The summed E-state index contributed by atoms with van der Waals surface area (Å²) in [6.07, 6.45) is 0.861. The molecule has 0 unspecified atom stereocenters. The Morgan fingerprint density at radius 2 is 1.89 bits per heavy atom. The molecule has 2 saturated heterocycles. The summed E-state index contributed by atoms with van der Waals surface area (Å²) < 4.78 is 24.4. The SMILES string of the molecule is CC(C)(C)OC(=O)N1CC(Oc2ccc3ccc(=O)n(CCN[C@H]4CC[C@H]5[C@H](C4)OC(=O)N5c4ccc5c(n4)NC(=O)CO5)c3c2)C1. The summed E-state index contributed by atoms with van der Waals surface area (Å²) in [6.45, 7) is 7.30. The van der Waals surface area contributed by atoms with E-state index < -0.39 is 11.7 Å². The Kier molecular flexibility index (Phi) is 7.90. The van der Waals surface area contributed by atoms with Crippen molar-refractivity contribution in [2.24, 2.45) is 0 Å². The van der Waals surface area contributed by atoms with E-state index in [4.69, 9.17) is 18.9 Å². The van der Waals surface area contributed by atoms with Gasteiger partial charge in [-0.15, -0.1) is 0 Å². The maximum atomic E-state index is 12.9. The number of carbonyl (C=O) groups excluding carboxylic acids is 3. The molecule has 2 aromatic heterocycles. The van der Waals surface area contributed by atoms with E-state index in [2.05, 4.69) is 15.6 Å². The van der Waals surface area contributed by atoms with Crippen molar-refractivity contribution in [1.29, 1.82) is 0 Å². The van der Waals surface area contributed by atoms with Crippen molar-refractivity contribution in [3.8, 4) is 11.5 Å². The number of aromatic nitrogens is 2. The smallest absolute Gasteiger partial charge is 0.416 e. The molecular weight excluding hydrogens is 608 g/mol. The second-order valence-corrected chi connectivity index (χ2v) is 13.3. The summed E-state index contributed by atoms with van der Waals surface area (Å²) in [4.78, 5) is 57.5. The zero-order valence-corrected chi connectivity index (χ0v) is 26.6. The minimum atomic E-state index is -0.553. The Morgan fingerprint density at radius 3 is 2.70 bits per heavy atom. The second kappa shape index (κ2) is 12.1. The average Bonchev–Trinajstić information content (AvgIpc) is 3.33. The van der Waals surface area contributed by atoms with Crippen LogP contribution in [0.1, 0.15) is 40.0 Å². The number of benzene rings is 1. The van der Waals surface area contributed by atoms with Crippen molar-refractivity contribution in [2.45, 2.75) is 76.5 Å². The lowest BCUT2D eigenvalue weighted by atomic mass is 9.88. The van der Waals surface area contributed by atoms with Gasteiger partial charge in [-0.25, -0.2) is 14.6 Å². The van der Waals surface area contributed by atoms with Gasteiger partial charge in [-0.3, -0.25) is 14.5 Å². The molecule has 0 spiro atoms. The molecule has 3 atom stereocenters. The Bertz CT molecular complexity index is 1780. The van der Waals surface area contributed by atoms with E-state index in [-0.39, 0.29) is 48.5 Å². The molecule has 2 N–H and O–H groups in total. The van der Waals surface area contributed by atoms with Gasteiger partial charge < -0.3 is 39.0 Å². The van der Waals surface area contributed by atoms with Crippen LogP contribution in [0.5, 0.6) is 11.5 Å². The zero-order valence-electron chi connectivity index (χ0n) is 26.6. The summed E-state index contributed by atoms with van der Waals surface area (Å²) in [5.74, 6) is 1.50. The van der Waals surface area contributed by atoms with Crippen LogP contribution < -0.4 is 30.6 Å². The molecule has 5 heterocycles. The van der Waals surface area contributed by atoms with Gasteiger partial charge in [-0.05, 0) is 69.3 Å². The third kappa shape index (κ3) is 6.42. The minimum absolute atomic E-state index is 0.0679. The fourth-order valence-electron chi connectivity index (χ4n) is 6.53. The van der Waals surface area contributed by atoms with Gasteiger partial charge in [0.1, 0.15) is 29.4 Å². The topological polar surface area (TPSA) is 154 Å². The molecule has 47 heavy (non-hydrogen) atoms. The molecule has 7 rings (SSSR count). The summed E-state index contributed by atoms with van der Waals surface area (Å²) in [5, 5.41) is 7.16. The summed E-state index contributed by atoms with van der Waals surface area (Å²) >= 11 is 0. The van der Waals surface area contributed by atoms with Crippen LogP contribution in [0.25, 0.3) is 10.9 Å². The van der Waals surface area contributed by atoms with Gasteiger partial charge in [-0.2, -0.15) is 0 Å². The molecule has 14 heteroatoms. The van der Waals surface area contributed by atoms with Crippen LogP contribution in [-0.2, 0) is 20.8 Å². The zero-order chi connectivity index (χ0) is 32.9. The number of pyridine rings is 2. The van der Waals surface area contributed by atoms with Crippen LogP contribution in [-0.4, -0.2) is 88.7 Å². The summed E-state index contributed by atoms with van der Waals surface area (Å²) in [7, 11) is 0. The van der Waals surface area contributed by atoms with Gasteiger partial charge in [0.2, 0.25) is 0 Å². The number of nitrogens with zero attached hydrogens (tertiary/aromatic N) is 4. The number of ether oxygens (including phenoxy) is 4. The van der Waals surface area contributed by atoms with Crippen molar-refractivity contribution in [2.75, 3.05) is 36.5 Å². The first-order valence-corrected chi connectivity index (χ1v) is 16.0. The molecule has 1 aromatic carbocycles. The predicted molar refractivity (Wildman–Crippen MR) is 171 cm³/mol. The van der Waals surface area contributed by atoms with Crippen molar-refractivity contribution in [1.82, 2.24) is 19.8 Å². The van der Waals surface area contributed by atoms with Crippen molar-refractivity contribution < 1.29 is 33.3 Å². The van der Waals surface area contributed by atoms with E-state index in [9.17, 15) is 19.2 Å². The Balaban J connectivity index is 0.950. The molecule has 1 saturated carbocycles. The Morgan fingerprint density at radius 1 is 1.09 bits per heavy atom. The van der Waals surface area contributed by atoms with Crippen LogP contribution >= 0.6 is 0 Å². The molecule has 3 fully saturated rings. The number of carbonyl (C=O) groups is 3. The van der Waals surface area contributed by atoms with Crippen LogP contribution in [0.3, 0.4) is 0 Å². The monoisotopic (exact) mass is 646 g/mol. The maximum absolute atomic E-state index is 12.9. The molecule has 3 aliphatic heterocycles. The van der Waals surface area contributed by atoms with Gasteiger partial charge in [-0.1, -0.05) is 0 Å². The standard InChI is InChI=1S/C33H38N6O8/c1-33(2,3)47-31(42)37-16-22(17-37)45-21-7-4-19-5-11-29(41)38(24(19)15-21)13-12-34-20-6-8-23-26(14-20)46-32(43)39(23)27-10-9-25-30(35-27)36-28(40)18-44-25/h4-5,7,9-11,15,20,22-23,26,34H,6,8,12-14,16-18H2,1-3H3,(H,35,36,40)/t20-,23-,26-/m0/s1. The lowest BCUT2D eigenvalue weighted by Gasteiger charge is -2.39. The number of likely N-dealkylation sites (tertiary alicyclic amines) is 1. The highest BCUT2D eigenvalue weighted by Crippen LogP contribution is 2.37. The summed E-state index contributed by atoms with van der Waals surface area (Å²) in [5.41, 5.74) is 0.102. The molecule has 248 valence electrons.